The van der Waals surface area contributed by atoms with Crippen LogP contribution in [0.2, 0.25) is 0 Å². The van der Waals surface area contributed by atoms with Gasteiger partial charge in [0.1, 0.15) is 11.4 Å². The first-order chi connectivity index (χ1) is 7.52. The van der Waals surface area contributed by atoms with Crippen LogP contribution in [-0.4, -0.2) is 21.6 Å². The molecule has 1 unspecified atom stereocenters. The summed E-state index contributed by atoms with van der Waals surface area (Å²) in [4.78, 5) is 15.5. The van der Waals surface area contributed by atoms with Crippen LogP contribution in [0.15, 0.2) is 18.3 Å². The van der Waals surface area contributed by atoms with Crippen molar-refractivity contribution in [3.8, 4) is 0 Å². The van der Waals surface area contributed by atoms with E-state index < -0.39 is 11.5 Å². The summed E-state index contributed by atoms with van der Waals surface area (Å²) < 4.78 is 0. The van der Waals surface area contributed by atoms with Crippen molar-refractivity contribution >= 4 is 11.8 Å². The van der Waals surface area contributed by atoms with E-state index in [4.69, 9.17) is 0 Å². The van der Waals surface area contributed by atoms with E-state index in [0.717, 1.165) is 18.4 Å². The summed E-state index contributed by atoms with van der Waals surface area (Å²) in [5.74, 6) is 0.0351. The van der Waals surface area contributed by atoms with Crippen LogP contribution in [0.5, 0.6) is 0 Å². The average Bonchev–Trinajstić information content (AvgIpc) is 3.04. The Balaban J connectivity index is 2.17. The molecule has 1 fully saturated rings. The summed E-state index contributed by atoms with van der Waals surface area (Å²) >= 11 is 0. The Morgan fingerprint density at radius 3 is 2.69 bits per heavy atom. The molecule has 0 amide bonds. The maximum Gasteiger partial charge on any atom is 0.329 e. The fraction of sp³-hybridized carbons (Fsp3) is 0.500. The Kier molecular flexibility index (Phi) is 2.58. The summed E-state index contributed by atoms with van der Waals surface area (Å²) in [6, 6.07) is 3.74. The number of anilines is 1. The predicted octanol–water partition coefficient (Wildman–Crippen LogP) is 2.06. The van der Waals surface area contributed by atoms with E-state index in [-0.39, 0.29) is 5.92 Å². The molecule has 0 aromatic carbocycles. The molecular formula is C12H16N2O2. The number of pyridine rings is 1. The second kappa shape index (κ2) is 3.77. The Morgan fingerprint density at radius 2 is 2.25 bits per heavy atom. The number of hydrogen-bond donors (Lipinski definition) is 2. The molecule has 0 radical (unpaired) electrons. The maximum atomic E-state index is 11.3. The smallest absolute Gasteiger partial charge is 0.329 e. The SMILES string of the molecule is Cc1ccc(NC(C)(C(=O)O)C2CC2)nc1. The number of aryl methyl sites for hydroxylation is 1. The van der Waals surface area contributed by atoms with E-state index in [1.165, 1.54) is 0 Å². The normalized spacial score (nSPS) is 18.9. The fourth-order valence-corrected chi connectivity index (χ4v) is 1.80. The Morgan fingerprint density at radius 1 is 1.56 bits per heavy atom. The average molecular weight is 220 g/mol. The first-order valence-corrected chi connectivity index (χ1v) is 5.46. The van der Waals surface area contributed by atoms with Gasteiger partial charge >= 0.3 is 5.97 Å². The lowest BCUT2D eigenvalue weighted by atomic mass is 9.96. The molecule has 1 aromatic rings. The number of aromatic nitrogens is 1. The first kappa shape index (κ1) is 10.9. The van der Waals surface area contributed by atoms with Crippen molar-refractivity contribution in [2.45, 2.75) is 32.2 Å². The van der Waals surface area contributed by atoms with Gasteiger partial charge in [-0.05, 0) is 44.2 Å². The molecule has 1 aliphatic carbocycles. The van der Waals surface area contributed by atoms with Crippen molar-refractivity contribution in [1.82, 2.24) is 4.98 Å². The third-order valence-electron chi connectivity index (χ3n) is 3.14. The highest BCUT2D eigenvalue weighted by Crippen LogP contribution is 2.41. The molecule has 16 heavy (non-hydrogen) atoms. The lowest BCUT2D eigenvalue weighted by Crippen LogP contribution is -2.45. The minimum absolute atomic E-state index is 0.216. The van der Waals surface area contributed by atoms with Crippen LogP contribution in [-0.2, 0) is 4.79 Å². The molecule has 2 rings (SSSR count). The van der Waals surface area contributed by atoms with Gasteiger partial charge in [0.15, 0.2) is 0 Å². The van der Waals surface area contributed by atoms with Crippen LogP contribution in [0.4, 0.5) is 5.82 Å². The molecule has 1 heterocycles. The number of carboxylic acid groups (broad SMARTS) is 1. The molecule has 0 saturated heterocycles. The number of nitrogens with zero attached hydrogens (tertiary/aromatic N) is 1. The zero-order valence-corrected chi connectivity index (χ0v) is 9.53. The van der Waals surface area contributed by atoms with Gasteiger partial charge in [-0.15, -0.1) is 0 Å². The first-order valence-electron chi connectivity index (χ1n) is 5.46. The van der Waals surface area contributed by atoms with Gasteiger partial charge in [0.2, 0.25) is 0 Å². The second-order valence-electron chi connectivity index (χ2n) is 4.63. The molecule has 4 heteroatoms. The predicted molar refractivity (Wildman–Crippen MR) is 61.4 cm³/mol. The van der Waals surface area contributed by atoms with Gasteiger partial charge in [-0.2, -0.15) is 0 Å². The summed E-state index contributed by atoms with van der Waals surface area (Å²) in [5, 5.41) is 12.3. The molecule has 2 N–H and O–H groups in total. The molecule has 1 saturated carbocycles. The minimum Gasteiger partial charge on any atom is -0.480 e. The number of aliphatic carboxylic acids is 1. The third-order valence-corrected chi connectivity index (χ3v) is 3.14. The van der Waals surface area contributed by atoms with E-state index in [9.17, 15) is 9.90 Å². The molecule has 0 bridgehead atoms. The molecule has 0 spiro atoms. The highest BCUT2D eigenvalue weighted by molar-refractivity contribution is 5.82. The highest BCUT2D eigenvalue weighted by Gasteiger charge is 2.47. The van der Waals surface area contributed by atoms with E-state index in [0.29, 0.717) is 5.82 Å². The van der Waals surface area contributed by atoms with Crippen LogP contribution >= 0.6 is 0 Å². The van der Waals surface area contributed by atoms with E-state index >= 15 is 0 Å². The quantitative estimate of drug-likeness (QED) is 0.815. The molecule has 0 aliphatic heterocycles. The number of rotatable bonds is 4. The second-order valence-corrected chi connectivity index (χ2v) is 4.63. The topological polar surface area (TPSA) is 62.2 Å². The van der Waals surface area contributed by atoms with Gasteiger partial charge < -0.3 is 10.4 Å². The third kappa shape index (κ3) is 2.01. The van der Waals surface area contributed by atoms with Crippen LogP contribution in [0, 0.1) is 12.8 Å². The van der Waals surface area contributed by atoms with Crippen molar-refractivity contribution in [3.05, 3.63) is 23.9 Å². The minimum atomic E-state index is -0.887. The zero-order valence-electron chi connectivity index (χ0n) is 9.53. The lowest BCUT2D eigenvalue weighted by Gasteiger charge is -2.26. The molecule has 1 atom stereocenters. The van der Waals surface area contributed by atoms with Crippen LogP contribution in [0.25, 0.3) is 0 Å². The standard InChI is InChI=1S/C12H16N2O2/c1-8-3-6-10(13-7-8)14-12(2,11(15)16)9-4-5-9/h3,6-7,9H,4-5H2,1-2H3,(H,13,14)(H,15,16). The molecule has 86 valence electrons. The number of hydrogen-bond acceptors (Lipinski definition) is 3. The Labute approximate surface area is 94.7 Å². The summed E-state index contributed by atoms with van der Waals surface area (Å²) in [7, 11) is 0. The monoisotopic (exact) mass is 220 g/mol. The maximum absolute atomic E-state index is 11.3. The Bertz CT molecular complexity index is 398. The molecule has 1 aromatic heterocycles. The van der Waals surface area contributed by atoms with Crippen molar-refractivity contribution in [1.29, 1.82) is 0 Å². The summed E-state index contributed by atoms with van der Waals surface area (Å²) in [5.41, 5.74) is 0.177. The van der Waals surface area contributed by atoms with E-state index in [1.54, 1.807) is 13.1 Å². The Hall–Kier alpha value is -1.58. The molecule has 1 aliphatic rings. The van der Waals surface area contributed by atoms with Crippen LogP contribution in [0.1, 0.15) is 25.3 Å². The van der Waals surface area contributed by atoms with Crippen molar-refractivity contribution in [2.24, 2.45) is 5.92 Å². The summed E-state index contributed by atoms with van der Waals surface area (Å²) in [6.07, 6.45) is 3.68. The molecular weight excluding hydrogens is 204 g/mol. The number of carbonyl (C=O) groups is 1. The van der Waals surface area contributed by atoms with Gasteiger partial charge in [-0.3, -0.25) is 0 Å². The van der Waals surface area contributed by atoms with Crippen molar-refractivity contribution in [3.63, 3.8) is 0 Å². The van der Waals surface area contributed by atoms with Crippen LogP contribution < -0.4 is 5.32 Å². The highest BCUT2D eigenvalue weighted by atomic mass is 16.4. The van der Waals surface area contributed by atoms with E-state index in [1.807, 2.05) is 19.1 Å². The van der Waals surface area contributed by atoms with Gasteiger partial charge in [0.05, 0.1) is 0 Å². The van der Waals surface area contributed by atoms with Gasteiger partial charge in [0, 0.05) is 6.20 Å². The number of nitrogens with one attached hydrogen (secondary N) is 1. The van der Waals surface area contributed by atoms with Crippen molar-refractivity contribution in [2.75, 3.05) is 5.32 Å². The number of carboxylic acids is 1. The van der Waals surface area contributed by atoms with Gasteiger partial charge in [-0.1, -0.05) is 6.07 Å². The summed E-state index contributed by atoms with van der Waals surface area (Å²) in [6.45, 7) is 3.68. The van der Waals surface area contributed by atoms with Crippen molar-refractivity contribution < 1.29 is 9.90 Å². The van der Waals surface area contributed by atoms with E-state index in [2.05, 4.69) is 10.3 Å². The van der Waals surface area contributed by atoms with Crippen LogP contribution in [0.3, 0.4) is 0 Å². The van der Waals surface area contributed by atoms with Gasteiger partial charge in [0.25, 0.3) is 0 Å². The largest absolute Gasteiger partial charge is 0.480 e. The zero-order chi connectivity index (χ0) is 11.8. The lowest BCUT2D eigenvalue weighted by molar-refractivity contribution is -0.142. The fourth-order valence-electron chi connectivity index (χ4n) is 1.80. The molecule has 4 nitrogen and oxygen atoms in total. The van der Waals surface area contributed by atoms with Gasteiger partial charge in [-0.25, -0.2) is 9.78 Å².